The van der Waals surface area contributed by atoms with Gasteiger partial charge in [-0.15, -0.1) is 0 Å². The minimum absolute atomic E-state index is 0.0475. The van der Waals surface area contributed by atoms with E-state index in [1.807, 2.05) is 0 Å². The minimum Gasteiger partial charge on any atom is -0.399 e. The van der Waals surface area contributed by atoms with E-state index in [0.717, 1.165) is 0 Å². The summed E-state index contributed by atoms with van der Waals surface area (Å²) in [4.78, 5) is 0. The summed E-state index contributed by atoms with van der Waals surface area (Å²) >= 11 is 3.11. The van der Waals surface area contributed by atoms with Crippen LogP contribution in [0.15, 0.2) is 24.3 Å². The molecule has 0 saturated carbocycles. The molecule has 3 N–H and O–H groups in total. The number of rotatable bonds is 4. The third kappa shape index (κ3) is 2.81. The average Bonchev–Trinajstić information content (AvgIpc) is 2.27. The third-order valence-electron chi connectivity index (χ3n) is 2.70. The number of alkyl halides is 1. The van der Waals surface area contributed by atoms with Gasteiger partial charge >= 0.3 is 0 Å². The first-order valence-corrected chi connectivity index (χ1v) is 7.61. The summed E-state index contributed by atoms with van der Waals surface area (Å²) in [6.07, 6.45) is -1.17. The summed E-state index contributed by atoms with van der Waals surface area (Å²) in [5.41, 5.74) is 6.56. The molecule has 0 aliphatic carbocycles. The number of nitrogen functional groups attached to an aromatic ring is 1. The van der Waals surface area contributed by atoms with Gasteiger partial charge in [0.25, 0.3) is 0 Å². The van der Waals surface area contributed by atoms with Crippen molar-refractivity contribution in [3.63, 3.8) is 0 Å². The molecule has 6 heteroatoms. The Morgan fingerprint density at radius 1 is 1.53 bits per heavy atom. The third-order valence-corrected chi connectivity index (χ3v) is 6.82. The van der Waals surface area contributed by atoms with Gasteiger partial charge in [-0.25, -0.2) is 8.42 Å². The number of aliphatic hydroxyl groups is 1. The Morgan fingerprint density at radius 3 is 2.59 bits per heavy atom. The van der Waals surface area contributed by atoms with Gasteiger partial charge in [0, 0.05) is 11.4 Å². The molecule has 0 unspecified atom stereocenters. The van der Waals surface area contributed by atoms with Gasteiger partial charge in [0.2, 0.25) is 0 Å². The van der Waals surface area contributed by atoms with E-state index in [1.54, 1.807) is 31.2 Å². The number of aliphatic hydroxyl groups excluding tert-OH is 1. The lowest BCUT2D eigenvalue weighted by Crippen LogP contribution is -2.36. The molecule has 96 valence electrons. The molecule has 2 atom stereocenters. The number of hydrogen-bond acceptors (Lipinski definition) is 4. The smallest absolute Gasteiger partial charge is 0.168 e. The van der Waals surface area contributed by atoms with E-state index < -0.39 is 19.6 Å². The fourth-order valence-corrected chi connectivity index (χ4v) is 3.47. The Balaban J connectivity index is 3.17. The summed E-state index contributed by atoms with van der Waals surface area (Å²) < 4.78 is 22.4. The maximum Gasteiger partial charge on any atom is 0.168 e. The van der Waals surface area contributed by atoms with Crippen LogP contribution < -0.4 is 5.73 Å². The first-order chi connectivity index (χ1) is 7.72. The summed E-state index contributed by atoms with van der Waals surface area (Å²) in [5.74, 6) is -0.0475. The lowest BCUT2D eigenvalue weighted by Gasteiger charge is -2.28. The van der Waals surface area contributed by atoms with Gasteiger partial charge in [-0.1, -0.05) is 35.0 Å². The fraction of sp³-hybridized carbons (Fsp3) is 0.455. The Labute approximate surface area is 110 Å². The van der Waals surface area contributed by atoms with Gasteiger partial charge in [-0.05, 0) is 24.6 Å². The van der Waals surface area contributed by atoms with Crippen LogP contribution in [0, 0.1) is 0 Å². The molecule has 1 aromatic rings. The molecule has 0 spiro atoms. The molecule has 17 heavy (non-hydrogen) atoms. The number of benzene rings is 1. The summed E-state index contributed by atoms with van der Waals surface area (Å²) in [5, 5.41) is 10.2. The number of nitrogens with two attached hydrogens (primary N) is 1. The Bertz CT molecular complexity index is 499. The predicted octanol–water partition coefficient (Wildman–Crippen LogP) is 1.85. The second-order valence-electron chi connectivity index (χ2n) is 3.96. The topological polar surface area (TPSA) is 80.4 Å². The number of hydrogen-bond donors (Lipinski definition) is 2. The molecule has 1 rings (SSSR count). The van der Waals surface area contributed by atoms with Crippen LogP contribution in [0.4, 0.5) is 5.69 Å². The van der Waals surface area contributed by atoms with Crippen molar-refractivity contribution in [2.75, 3.05) is 11.5 Å². The quantitative estimate of drug-likeness (QED) is 0.655. The van der Waals surface area contributed by atoms with Gasteiger partial charge in [-0.2, -0.15) is 0 Å². The maximum absolute atomic E-state index is 11.9. The number of sulfone groups is 1. The molecule has 1 aromatic carbocycles. The normalized spacial score (nSPS) is 17.4. The van der Waals surface area contributed by atoms with E-state index in [1.165, 1.54) is 6.92 Å². The zero-order valence-corrected chi connectivity index (χ0v) is 12.1. The summed E-state index contributed by atoms with van der Waals surface area (Å²) in [6, 6.07) is 6.56. The van der Waals surface area contributed by atoms with Crippen LogP contribution in [0.5, 0.6) is 0 Å². The average molecular weight is 322 g/mol. The van der Waals surface area contributed by atoms with Crippen LogP contribution >= 0.6 is 15.9 Å². The maximum atomic E-state index is 11.9. The minimum atomic E-state index is -3.43. The van der Waals surface area contributed by atoms with E-state index in [9.17, 15) is 13.5 Å². The molecule has 4 nitrogen and oxygen atoms in total. The Morgan fingerprint density at radius 2 is 2.12 bits per heavy atom. The molecule has 0 radical (unpaired) electrons. The second kappa shape index (κ2) is 4.96. The first-order valence-electron chi connectivity index (χ1n) is 5.17. The first kappa shape index (κ1) is 14.5. The highest BCUT2D eigenvalue weighted by molar-refractivity contribution is 9.11. The highest BCUT2D eigenvalue weighted by Crippen LogP contribution is 2.39. The van der Waals surface area contributed by atoms with E-state index in [0.29, 0.717) is 11.3 Å². The Kier molecular flexibility index (Phi) is 4.22. The SMILES string of the molecule is CCS(=O)(=O)[C@@](C)(Br)[C@H](O)c1cccc(N)c1. The predicted molar refractivity (Wildman–Crippen MR) is 72.6 cm³/mol. The number of halogens is 1. The molecule has 0 aliphatic heterocycles. The lowest BCUT2D eigenvalue weighted by atomic mass is 10.1. The molecule has 0 amide bonds. The van der Waals surface area contributed by atoms with Crippen molar-refractivity contribution in [1.82, 2.24) is 0 Å². The number of anilines is 1. The molecule has 0 saturated heterocycles. The van der Waals surface area contributed by atoms with Gasteiger partial charge in [0.15, 0.2) is 13.5 Å². The largest absolute Gasteiger partial charge is 0.399 e. The van der Waals surface area contributed by atoms with Crippen molar-refractivity contribution in [3.8, 4) is 0 Å². The summed E-state index contributed by atoms with van der Waals surface area (Å²) in [7, 11) is -3.43. The van der Waals surface area contributed by atoms with Gasteiger partial charge < -0.3 is 10.8 Å². The molecular weight excluding hydrogens is 306 g/mol. The van der Waals surface area contributed by atoms with E-state index in [2.05, 4.69) is 15.9 Å². The fourth-order valence-electron chi connectivity index (χ4n) is 1.48. The molecule has 0 bridgehead atoms. The standard InChI is InChI=1S/C11H16BrNO3S/c1-3-17(15,16)11(2,12)10(14)8-5-4-6-9(13)7-8/h4-7,10,14H,3,13H2,1-2H3/t10-,11-/m1/s1. The molecular formula is C11H16BrNO3S. The van der Waals surface area contributed by atoms with Crippen molar-refractivity contribution in [1.29, 1.82) is 0 Å². The zero-order valence-electron chi connectivity index (χ0n) is 9.72. The van der Waals surface area contributed by atoms with Crippen molar-refractivity contribution in [3.05, 3.63) is 29.8 Å². The van der Waals surface area contributed by atoms with Gasteiger partial charge in [-0.3, -0.25) is 0 Å². The van der Waals surface area contributed by atoms with Crippen molar-refractivity contribution >= 4 is 31.5 Å². The van der Waals surface area contributed by atoms with Crippen molar-refractivity contribution in [2.45, 2.75) is 23.6 Å². The molecule has 0 heterocycles. The Hall–Kier alpha value is -0.590. The monoisotopic (exact) mass is 321 g/mol. The summed E-state index contributed by atoms with van der Waals surface area (Å²) in [6.45, 7) is 2.99. The second-order valence-corrected chi connectivity index (χ2v) is 8.79. The van der Waals surface area contributed by atoms with Gasteiger partial charge in [0.1, 0.15) is 6.10 Å². The van der Waals surface area contributed by atoms with Crippen LogP contribution in [-0.2, 0) is 9.84 Å². The van der Waals surface area contributed by atoms with Gasteiger partial charge in [0.05, 0.1) is 0 Å². The van der Waals surface area contributed by atoms with Crippen LogP contribution in [0.3, 0.4) is 0 Å². The zero-order chi connectivity index (χ0) is 13.3. The highest BCUT2D eigenvalue weighted by atomic mass is 79.9. The molecule has 0 aliphatic rings. The van der Waals surface area contributed by atoms with Crippen molar-refractivity contribution in [2.24, 2.45) is 0 Å². The highest BCUT2D eigenvalue weighted by Gasteiger charge is 2.42. The van der Waals surface area contributed by atoms with Crippen LogP contribution in [-0.4, -0.2) is 22.9 Å². The van der Waals surface area contributed by atoms with Crippen LogP contribution in [0.25, 0.3) is 0 Å². The molecule has 0 fully saturated rings. The van der Waals surface area contributed by atoms with E-state index in [-0.39, 0.29) is 5.75 Å². The molecule has 0 aromatic heterocycles. The lowest BCUT2D eigenvalue weighted by molar-refractivity contribution is 0.167. The van der Waals surface area contributed by atoms with Crippen LogP contribution in [0.1, 0.15) is 25.5 Å². The van der Waals surface area contributed by atoms with E-state index >= 15 is 0 Å². The van der Waals surface area contributed by atoms with Crippen molar-refractivity contribution < 1.29 is 13.5 Å². The van der Waals surface area contributed by atoms with E-state index in [4.69, 9.17) is 5.73 Å². The van der Waals surface area contributed by atoms with Crippen LogP contribution in [0.2, 0.25) is 0 Å².